The molecule has 1 aromatic rings. The van der Waals surface area contributed by atoms with Crippen LogP contribution in [-0.4, -0.2) is 29.2 Å². The molecule has 0 spiro atoms. The second kappa shape index (κ2) is 6.36. The first-order chi connectivity index (χ1) is 11.1. The van der Waals surface area contributed by atoms with Crippen molar-refractivity contribution in [2.75, 3.05) is 6.54 Å². The van der Waals surface area contributed by atoms with Crippen molar-refractivity contribution in [3.05, 3.63) is 42.0 Å². The van der Waals surface area contributed by atoms with Crippen molar-refractivity contribution in [1.29, 1.82) is 0 Å². The van der Waals surface area contributed by atoms with Crippen LogP contribution < -0.4 is 4.74 Å². The van der Waals surface area contributed by atoms with Gasteiger partial charge in [0.15, 0.2) is 0 Å². The number of esters is 1. The molecule has 0 aromatic heterocycles. The summed E-state index contributed by atoms with van der Waals surface area (Å²) in [5.74, 6) is -0.791. The van der Waals surface area contributed by atoms with Crippen LogP contribution in [0.4, 0.5) is 0 Å². The zero-order valence-corrected chi connectivity index (χ0v) is 13.0. The number of hydrogen-bond donors (Lipinski definition) is 0. The van der Waals surface area contributed by atoms with Crippen LogP contribution in [0.3, 0.4) is 0 Å². The van der Waals surface area contributed by atoms with Crippen LogP contribution in [-0.2, 0) is 14.4 Å². The van der Waals surface area contributed by atoms with E-state index in [4.69, 9.17) is 4.74 Å². The number of rotatable bonds is 4. The molecule has 0 radical (unpaired) electrons. The smallest absolute Gasteiger partial charge is 0.312 e. The number of benzene rings is 1. The number of carbonyl (C=O) groups is 3. The molecule has 120 valence electrons. The van der Waals surface area contributed by atoms with Gasteiger partial charge in [0.2, 0.25) is 11.8 Å². The maximum absolute atomic E-state index is 12.3. The Morgan fingerprint density at radius 3 is 2.22 bits per heavy atom. The molecule has 0 N–H and O–H groups in total. The van der Waals surface area contributed by atoms with E-state index in [1.165, 1.54) is 4.90 Å². The summed E-state index contributed by atoms with van der Waals surface area (Å²) in [4.78, 5) is 37.7. The van der Waals surface area contributed by atoms with Gasteiger partial charge in [0.25, 0.3) is 0 Å². The SMILES string of the molecule is Cc1ccc(OC(=O)CCN2C(=O)[C@H]3CC=CC[C@@H]3C2=O)cc1. The van der Waals surface area contributed by atoms with Crippen LogP contribution in [0.5, 0.6) is 5.75 Å². The minimum Gasteiger partial charge on any atom is -0.426 e. The monoisotopic (exact) mass is 313 g/mol. The van der Waals surface area contributed by atoms with E-state index in [0.29, 0.717) is 18.6 Å². The second-order valence-corrected chi connectivity index (χ2v) is 6.02. The number of imide groups is 1. The van der Waals surface area contributed by atoms with Crippen molar-refractivity contribution >= 4 is 17.8 Å². The molecule has 2 amide bonds. The molecule has 1 aliphatic heterocycles. The third-order valence-electron chi connectivity index (χ3n) is 4.39. The average molecular weight is 313 g/mol. The highest BCUT2D eigenvalue weighted by Crippen LogP contribution is 2.35. The van der Waals surface area contributed by atoms with Gasteiger partial charge >= 0.3 is 5.97 Å². The van der Waals surface area contributed by atoms with Crippen LogP contribution in [0, 0.1) is 18.8 Å². The van der Waals surface area contributed by atoms with Gasteiger partial charge in [0.1, 0.15) is 5.75 Å². The number of hydrogen-bond acceptors (Lipinski definition) is 4. The third kappa shape index (κ3) is 3.18. The molecule has 2 atom stereocenters. The number of fused-ring (bicyclic) bond motifs is 1. The maximum Gasteiger partial charge on any atom is 0.312 e. The van der Waals surface area contributed by atoms with E-state index < -0.39 is 5.97 Å². The second-order valence-electron chi connectivity index (χ2n) is 6.02. The topological polar surface area (TPSA) is 63.7 Å². The molecular weight excluding hydrogens is 294 g/mol. The van der Waals surface area contributed by atoms with Gasteiger partial charge in [-0.25, -0.2) is 0 Å². The third-order valence-corrected chi connectivity index (χ3v) is 4.39. The standard InChI is InChI=1S/C18H19NO4/c1-12-6-8-13(9-7-12)23-16(20)10-11-19-17(21)14-4-2-3-5-15(14)18(19)22/h2-3,6-9,14-15H,4-5,10-11H2,1H3/t14-,15-/m0/s1. The van der Waals surface area contributed by atoms with Crippen molar-refractivity contribution < 1.29 is 19.1 Å². The molecule has 1 aliphatic carbocycles. The minimum atomic E-state index is -0.442. The van der Waals surface area contributed by atoms with Gasteiger partial charge in [-0.1, -0.05) is 29.8 Å². The molecular formula is C18H19NO4. The number of nitrogens with zero attached hydrogens (tertiary/aromatic N) is 1. The van der Waals surface area contributed by atoms with Crippen molar-refractivity contribution in [1.82, 2.24) is 4.90 Å². The van der Waals surface area contributed by atoms with Crippen LogP contribution in [0.15, 0.2) is 36.4 Å². The first-order valence-electron chi connectivity index (χ1n) is 7.84. The summed E-state index contributed by atoms with van der Waals surface area (Å²) in [6, 6.07) is 7.15. The Labute approximate surface area is 134 Å². The fourth-order valence-electron chi connectivity index (χ4n) is 3.08. The molecule has 3 rings (SSSR count). The lowest BCUT2D eigenvalue weighted by Gasteiger charge is -2.14. The van der Waals surface area contributed by atoms with E-state index in [1.807, 2.05) is 31.2 Å². The largest absolute Gasteiger partial charge is 0.426 e. The Hall–Kier alpha value is -2.43. The molecule has 23 heavy (non-hydrogen) atoms. The van der Waals surface area contributed by atoms with Crippen LogP contribution in [0.1, 0.15) is 24.8 Å². The normalized spacial score (nSPS) is 23.1. The summed E-state index contributed by atoms with van der Waals surface area (Å²) in [6.45, 7) is 2.04. The Balaban J connectivity index is 1.56. The zero-order chi connectivity index (χ0) is 16.4. The number of aryl methyl sites for hydroxylation is 1. The van der Waals surface area contributed by atoms with Gasteiger partial charge in [-0.05, 0) is 31.9 Å². The van der Waals surface area contributed by atoms with Crippen molar-refractivity contribution in [2.45, 2.75) is 26.2 Å². The summed E-state index contributed by atoms with van der Waals surface area (Å²) in [5.41, 5.74) is 1.08. The highest BCUT2D eigenvalue weighted by molar-refractivity contribution is 6.05. The lowest BCUT2D eigenvalue weighted by atomic mass is 9.85. The van der Waals surface area contributed by atoms with Gasteiger partial charge < -0.3 is 4.74 Å². The van der Waals surface area contributed by atoms with Gasteiger partial charge in [-0.15, -0.1) is 0 Å². The van der Waals surface area contributed by atoms with E-state index in [2.05, 4.69) is 0 Å². The number of ether oxygens (including phenoxy) is 1. The minimum absolute atomic E-state index is 0.0121. The number of likely N-dealkylation sites (tertiary alicyclic amines) is 1. The Morgan fingerprint density at radius 1 is 1.09 bits per heavy atom. The van der Waals surface area contributed by atoms with Crippen molar-refractivity contribution in [3.8, 4) is 5.75 Å². The molecule has 0 saturated carbocycles. The number of amides is 2. The fourth-order valence-corrected chi connectivity index (χ4v) is 3.08. The summed E-state index contributed by atoms with van der Waals surface area (Å²) < 4.78 is 5.22. The Bertz CT molecular complexity index is 636. The Kier molecular flexibility index (Phi) is 4.28. The zero-order valence-electron chi connectivity index (χ0n) is 13.0. The summed E-state index contributed by atoms with van der Waals surface area (Å²) in [5, 5.41) is 0. The lowest BCUT2D eigenvalue weighted by Crippen LogP contribution is -2.33. The fraction of sp³-hybridized carbons (Fsp3) is 0.389. The van der Waals surface area contributed by atoms with E-state index in [1.54, 1.807) is 12.1 Å². The molecule has 0 bridgehead atoms. The summed E-state index contributed by atoms with van der Waals surface area (Å²) in [7, 11) is 0. The predicted octanol–water partition coefficient (Wildman–Crippen LogP) is 2.24. The van der Waals surface area contributed by atoms with Gasteiger partial charge in [-0.2, -0.15) is 0 Å². The molecule has 0 unspecified atom stereocenters. The molecule has 1 fully saturated rings. The molecule has 5 nitrogen and oxygen atoms in total. The van der Waals surface area contributed by atoms with E-state index in [9.17, 15) is 14.4 Å². The number of allylic oxidation sites excluding steroid dienone is 2. The first kappa shape index (κ1) is 15.5. The van der Waals surface area contributed by atoms with Crippen LogP contribution in [0.2, 0.25) is 0 Å². The maximum atomic E-state index is 12.3. The van der Waals surface area contributed by atoms with Crippen LogP contribution in [0.25, 0.3) is 0 Å². The van der Waals surface area contributed by atoms with Gasteiger partial charge in [-0.3, -0.25) is 19.3 Å². The predicted molar refractivity (Wildman–Crippen MR) is 83.5 cm³/mol. The summed E-state index contributed by atoms with van der Waals surface area (Å²) in [6.07, 6.45) is 5.13. The average Bonchev–Trinajstić information content (AvgIpc) is 2.80. The highest BCUT2D eigenvalue weighted by Gasteiger charge is 2.46. The highest BCUT2D eigenvalue weighted by atomic mass is 16.5. The van der Waals surface area contributed by atoms with Crippen molar-refractivity contribution in [2.24, 2.45) is 11.8 Å². The van der Waals surface area contributed by atoms with Gasteiger partial charge in [0.05, 0.1) is 18.3 Å². The van der Waals surface area contributed by atoms with E-state index >= 15 is 0 Å². The van der Waals surface area contributed by atoms with Gasteiger partial charge in [0, 0.05) is 6.54 Å². The molecule has 5 heteroatoms. The number of carbonyl (C=O) groups excluding carboxylic acids is 3. The first-order valence-corrected chi connectivity index (χ1v) is 7.84. The molecule has 1 aromatic carbocycles. The molecule has 2 aliphatic rings. The van der Waals surface area contributed by atoms with Crippen molar-refractivity contribution in [3.63, 3.8) is 0 Å². The molecule has 1 heterocycles. The quantitative estimate of drug-likeness (QED) is 0.370. The summed E-state index contributed by atoms with van der Waals surface area (Å²) >= 11 is 0. The van der Waals surface area contributed by atoms with Crippen LogP contribution >= 0.6 is 0 Å². The van der Waals surface area contributed by atoms with E-state index in [0.717, 1.165) is 5.56 Å². The Morgan fingerprint density at radius 2 is 1.65 bits per heavy atom. The molecule has 1 saturated heterocycles. The van der Waals surface area contributed by atoms with E-state index in [-0.39, 0.29) is 36.6 Å². The lowest BCUT2D eigenvalue weighted by molar-refractivity contribution is -0.141.